The number of hydrogen-bond acceptors (Lipinski definition) is 2. The van der Waals surface area contributed by atoms with E-state index in [2.05, 4.69) is 25.7 Å². The Labute approximate surface area is 122 Å². The SMILES string of the molecule is CCC(CC)CN(CC)Cc1ccc(CC(=O)O)cc1. The standard InChI is InChI=1S/C17H27NO2/c1-4-14(5-2)12-18(6-3)13-16-9-7-15(8-10-16)11-17(19)20/h7-10,14H,4-6,11-13H2,1-3H3,(H,19,20). The summed E-state index contributed by atoms with van der Waals surface area (Å²) in [6, 6.07) is 7.95. The number of carboxylic acids is 1. The molecule has 0 aromatic heterocycles. The number of aliphatic carboxylic acids is 1. The number of hydrogen-bond donors (Lipinski definition) is 1. The summed E-state index contributed by atoms with van der Waals surface area (Å²) in [6.45, 7) is 9.83. The predicted molar refractivity (Wildman–Crippen MR) is 82.8 cm³/mol. The average Bonchev–Trinajstić information content (AvgIpc) is 2.44. The highest BCUT2D eigenvalue weighted by atomic mass is 16.4. The number of nitrogens with zero attached hydrogens (tertiary/aromatic N) is 1. The molecule has 0 bridgehead atoms. The van der Waals surface area contributed by atoms with Crippen LogP contribution in [0, 0.1) is 5.92 Å². The number of rotatable bonds is 9. The van der Waals surface area contributed by atoms with E-state index in [4.69, 9.17) is 5.11 Å². The summed E-state index contributed by atoms with van der Waals surface area (Å²) >= 11 is 0. The van der Waals surface area contributed by atoms with Crippen molar-refractivity contribution in [2.75, 3.05) is 13.1 Å². The molecule has 0 aliphatic carbocycles. The van der Waals surface area contributed by atoms with Crippen LogP contribution in [0.3, 0.4) is 0 Å². The van der Waals surface area contributed by atoms with Crippen LogP contribution in [-0.2, 0) is 17.8 Å². The second-order valence-electron chi connectivity index (χ2n) is 5.40. The fourth-order valence-electron chi connectivity index (χ4n) is 2.41. The van der Waals surface area contributed by atoms with Gasteiger partial charge in [0, 0.05) is 13.1 Å². The lowest BCUT2D eigenvalue weighted by Crippen LogP contribution is -2.28. The van der Waals surface area contributed by atoms with Crippen molar-refractivity contribution in [2.45, 2.75) is 46.6 Å². The van der Waals surface area contributed by atoms with Gasteiger partial charge in [0.2, 0.25) is 0 Å². The van der Waals surface area contributed by atoms with Gasteiger partial charge in [0.05, 0.1) is 6.42 Å². The monoisotopic (exact) mass is 277 g/mol. The van der Waals surface area contributed by atoms with E-state index >= 15 is 0 Å². The molecule has 0 atom stereocenters. The zero-order valence-corrected chi connectivity index (χ0v) is 12.9. The van der Waals surface area contributed by atoms with Gasteiger partial charge in [-0.05, 0) is 23.6 Å². The predicted octanol–water partition coefficient (Wildman–Crippen LogP) is 3.57. The Bertz CT molecular complexity index is 396. The molecule has 0 saturated heterocycles. The summed E-state index contributed by atoms with van der Waals surface area (Å²) < 4.78 is 0. The summed E-state index contributed by atoms with van der Waals surface area (Å²) in [5, 5.41) is 8.76. The van der Waals surface area contributed by atoms with Gasteiger partial charge in [-0.25, -0.2) is 0 Å². The Morgan fingerprint density at radius 3 is 2.10 bits per heavy atom. The highest BCUT2D eigenvalue weighted by Gasteiger charge is 2.10. The molecule has 0 spiro atoms. The molecule has 0 amide bonds. The Morgan fingerprint density at radius 2 is 1.65 bits per heavy atom. The molecular weight excluding hydrogens is 250 g/mol. The number of carboxylic acid groups (broad SMARTS) is 1. The summed E-state index contributed by atoms with van der Waals surface area (Å²) in [5.41, 5.74) is 2.12. The maximum absolute atomic E-state index is 10.7. The zero-order chi connectivity index (χ0) is 15.0. The van der Waals surface area contributed by atoms with Crippen LogP contribution in [0.4, 0.5) is 0 Å². The van der Waals surface area contributed by atoms with Crippen molar-refractivity contribution in [1.29, 1.82) is 0 Å². The first-order chi connectivity index (χ1) is 9.58. The molecule has 1 rings (SSSR count). The average molecular weight is 277 g/mol. The van der Waals surface area contributed by atoms with Gasteiger partial charge in [0.1, 0.15) is 0 Å². The van der Waals surface area contributed by atoms with Crippen LogP contribution < -0.4 is 0 Å². The topological polar surface area (TPSA) is 40.5 Å². The van der Waals surface area contributed by atoms with E-state index in [-0.39, 0.29) is 6.42 Å². The van der Waals surface area contributed by atoms with E-state index in [1.165, 1.54) is 18.4 Å². The molecule has 0 aliphatic heterocycles. The van der Waals surface area contributed by atoms with Crippen molar-refractivity contribution in [2.24, 2.45) is 5.92 Å². The van der Waals surface area contributed by atoms with Crippen molar-refractivity contribution in [1.82, 2.24) is 4.90 Å². The van der Waals surface area contributed by atoms with Gasteiger partial charge in [0.15, 0.2) is 0 Å². The highest BCUT2D eigenvalue weighted by Crippen LogP contribution is 2.13. The molecule has 3 nitrogen and oxygen atoms in total. The molecule has 0 aliphatic rings. The molecule has 0 fully saturated rings. The normalized spacial score (nSPS) is 11.2. The summed E-state index contributed by atoms with van der Waals surface area (Å²) in [4.78, 5) is 13.1. The van der Waals surface area contributed by atoms with Crippen LogP contribution in [0.15, 0.2) is 24.3 Å². The van der Waals surface area contributed by atoms with Crippen molar-refractivity contribution < 1.29 is 9.90 Å². The molecule has 1 aromatic carbocycles. The van der Waals surface area contributed by atoms with Gasteiger partial charge in [-0.1, -0.05) is 57.9 Å². The second-order valence-corrected chi connectivity index (χ2v) is 5.40. The van der Waals surface area contributed by atoms with E-state index in [9.17, 15) is 4.79 Å². The molecule has 3 heteroatoms. The van der Waals surface area contributed by atoms with Gasteiger partial charge in [-0.2, -0.15) is 0 Å². The Morgan fingerprint density at radius 1 is 1.10 bits per heavy atom. The van der Waals surface area contributed by atoms with Gasteiger partial charge < -0.3 is 5.11 Å². The van der Waals surface area contributed by atoms with Crippen molar-refractivity contribution in [3.05, 3.63) is 35.4 Å². The largest absolute Gasteiger partial charge is 0.481 e. The third-order valence-electron chi connectivity index (χ3n) is 3.90. The Kier molecular flexibility index (Phi) is 7.31. The molecule has 0 saturated carbocycles. The number of benzene rings is 1. The molecule has 0 heterocycles. The molecular formula is C17H27NO2. The first kappa shape index (κ1) is 16.7. The van der Waals surface area contributed by atoms with E-state index in [0.29, 0.717) is 0 Å². The minimum atomic E-state index is -0.776. The van der Waals surface area contributed by atoms with E-state index in [1.807, 2.05) is 24.3 Å². The van der Waals surface area contributed by atoms with Crippen LogP contribution in [-0.4, -0.2) is 29.1 Å². The van der Waals surface area contributed by atoms with Crippen molar-refractivity contribution >= 4 is 5.97 Å². The van der Waals surface area contributed by atoms with Crippen LogP contribution in [0.2, 0.25) is 0 Å². The maximum atomic E-state index is 10.7. The van der Waals surface area contributed by atoms with Crippen LogP contribution >= 0.6 is 0 Å². The Hall–Kier alpha value is -1.35. The lowest BCUT2D eigenvalue weighted by Gasteiger charge is -2.25. The number of carbonyl (C=O) groups is 1. The zero-order valence-electron chi connectivity index (χ0n) is 12.9. The maximum Gasteiger partial charge on any atom is 0.307 e. The quantitative estimate of drug-likeness (QED) is 0.750. The molecule has 0 radical (unpaired) electrons. The molecule has 20 heavy (non-hydrogen) atoms. The fraction of sp³-hybridized carbons (Fsp3) is 0.588. The fourth-order valence-corrected chi connectivity index (χ4v) is 2.41. The third-order valence-corrected chi connectivity index (χ3v) is 3.90. The van der Waals surface area contributed by atoms with Gasteiger partial charge in [-0.15, -0.1) is 0 Å². The first-order valence-corrected chi connectivity index (χ1v) is 7.60. The Balaban J connectivity index is 2.58. The lowest BCUT2D eigenvalue weighted by molar-refractivity contribution is -0.136. The van der Waals surface area contributed by atoms with Crippen LogP contribution in [0.1, 0.15) is 44.7 Å². The minimum Gasteiger partial charge on any atom is -0.481 e. The smallest absolute Gasteiger partial charge is 0.307 e. The molecule has 1 aromatic rings. The van der Waals surface area contributed by atoms with Crippen LogP contribution in [0.5, 0.6) is 0 Å². The lowest BCUT2D eigenvalue weighted by atomic mass is 10.0. The van der Waals surface area contributed by atoms with Gasteiger partial charge >= 0.3 is 5.97 Å². The third kappa shape index (κ3) is 5.74. The van der Waals surface area contributed by atoms with Crippen molar-refractivity contribution in [3.63, 3.8) is 0 Å². The molecule has 1 N–H and O–H groups in total. The molecule has 0 unspecified atom stereocenters. The summed E-state index contributed by atoms with van der Waals surface area (Å²) in [5.74, 6) is -0.0112. The first-order valence-electron chi connectivity index (χ1n) is 7.60. The summed E-state index contributed by atoms with van der Waals surface area (Å²) in [6.07, 6.45) is 2.56. The van der Waals surface area contributed by atoms with E-state index < -0.39 is 5.97 Å². The van der Waals surface area contributed by atoms with Crippen molar-refractivity contribution in [3.8, 4) is 0 Å². The summed E-state index contributed by atoms with van der Waals surface area (Å²) in [7, 11) is 0. The van der Waals surface area contributed by atoms with E-state index in [1.54, 1.807) is 0 Å². The van der Waals surface area contributed by atoms with Gasteiger partial charge in [0.25, 0.3) is 0 Å². The van der Waals surface area contributed by atoms with Gasteiger partial charge in [-0.3, -0.25) is 9.69 Å². The highest BCUT2D eigenvalue weighted by molar-refractivity contribution is 5.70. The van der Waals surface area contributed by atoms with Crippen LogP contribution in [0.25, 0.3) is 0 Å². The second kappa shape index (κ2) is 8.75. The van der Waals surface area contributed by atoms with E-state index in [0.717, 1.165) is 31.1 Å². The molecule has 112 valence electrons. The minimum absolute atomic E-state index is 0.103.